The van der Waals surface area contributed by atoms with Gasteiger partial charge in [-0.15, -0.1) is 0 Å². The molecule has 0 saturated heterocycles. The Morgan fingerprint density at radius 2 is 0.386 bits per heavy atom. The highest BCUT2D eigenvalue weighted by Crippen LogP contribution is 2.46. The number of aryl methyl sites for hydroxylation is 1. The fourth-order valence-electron chi connectivity index (χ4n) is 12.8. The molecule has 10 aromatic rings. The molecule has 132 heavy (non-hydrogen) atoms. The molecule has 17 rings (SSSR count). The SMILES string of the molecule is C.C.CC.CC.CC.CC.CC.CC.CC.CC.CC.CC.CC(C)(C)C1CCc2ccccc2O1.CC(C)(C)C1COc2cc3ccccc3cc2O1.CC(C)(C)C1COc2cc3ccccc3cc2OC1.CC(C)(C)C1COc2ccccc2O1.CC(C)(C)C1COc2ccccc2OC1.CC(C)(C)C1Oc2cc3ccccc3cc2O1.CC(C)(C)C1Oc2ccccc2O1. The normalized spacial score (nSPS) is 15.4. The van der Waals surface area contributed by atoms with E-state index in [4.69, 9.17) is 61.6 Å². The van der Waals surface area contributed by atoms with Gasteiger partial charge in [0.25, 0.3) is 0 Å². The molecular formula is C119H188O13. The van der Waals surface area contributed by atoms with Crippen LogP contribution in [0.4, 0.5) is 0 Å². The van der Waals surface area contributed by atoms with Crippen molar-refractivity contribution >= 4 is 32.3 Å². The minimum atomic E-state index is -0.200. The predicted molar refractivity (Wildman–Crippen MR) is 572 cm³/mol. The fraction of sp³-hybridized carbons (Fsp3) is 0.546. The van der Waals surface area contributed by atoms with Crippen LogP contribution in [0.15, 0.2) is 206 Å². The van der Waals surface area contributed by atoms with Gasteiger partial charge < -0.3 is 61.6 Å². The van der Waals surface area contributed by atoms with Crippen molar-refractivity contribution in [2.75, 3.05) is 39.6 Å². The van der Waals surface area contributed by atoms with Crippen LogP contribution in [0.2, 0.25) is 0 Å². The Balaban J connectivity index is 0. The van der Waals surface area contributed by atoms with Crippen LogP contribution in [0.25, 0.3) is 32.3 Å². The van der Waals surface area contributed by atoms with E-state index >= 15 is 0 Å². The summed E-state index contributed by atoms with van der Waals surface area (Å²) in [7, 11) is 0. The second-order valence-electron chi connectivity index (χ2n) is 37.2. The molecule has 0 amide bonds. The number of ether oxygens (including phenoxy) is 13. The smallest absolute Gasteiger partial charge is 0.246 e. The lowest BCUT2D eigenvalue weighted by Crippen LogP contribution is -2.39. The molecule has 10 aromatic carbocycles. The predicted octanol–water partition coefficient (Wildman–Crippen LogP) is 36.1. The van der Waals surface area contributed by atoms with E-state index in [1.165, 1.54) is 37.9 Å². The van der Waals surface area contributed by atoms with Crippen LogP contribution in [-0.2, 0) is 6.42 Å². The molecule has 0 N–H and O–H groups in total. The molecule has 13 heteroatoms. The Hall–Kier alpha value is -9.62. The third-order valence-electron chi connectivity index (χ3n) is 20.7. The van der Waals surface area contributed by atoms with E-state index in [2.05, 4.69) is 236 Å². The van der Waals surface area contributed by atoms with Crippen molar-refractivity contribution in [3.63, 3.8) is 0 Å². The van der Waals surface area contributed by atoms with E-state index in [-0.39, 0.29) is 77.5 Å². The van der Waals surface area contributed by atoms with Crippen LogP contribution < -0.4 is 61.6 Å². The Kier molecular flexibility index (Phi) is 58.5. The quantitative estimate of drug-likeness (QED) is 0.143. The summed E-state index contributed by atoms with van der Waals surface area (Å²) in [6, 6.07) is 69.0. The largest absolute Gasteiger partial charge is 0.490 e. The topological polar surface area (TPSA) is 120 Å². The number of hydrogen-bond donors (Lipinski definition) is 0. The van der Waals surface area contributed by atoms with Crippen LogP contribution in [0.3, 0.4) is 0 Å². The van der Waals surface area contributed by atoms with Crippen molar-refractivity contribution in [1.82, 2.24) is 0 Å². The molecule has 7 aliphatic heterocycles. The Bertz CT molecular complexity index is 4470. The molecule has 0 saturated carbocycles. The van der Waals surface area contributed by atoms with Crippen LogP contribution >= 0.6 is 0 Å². The summed E-state index contributed by atoms with van der Waals surface area (Å²) < 4.78 is 75.9. The molecule has 742 valence electrons. The maximum atomic E-state index is 6.08. The molecule has 0 fully saturated rings. The van der Waals surface area contributed by atoms with Crippen LogP contribution in [0, 0.1) is 49.7 Å². The van der Waals surface area contributed by atoms with Gasteiger partial charge in [-0.2, -0.15) is 0 Å². The van der Waals surface area contributed by atoms with Gasteiger partial charge in [-0.05, 0) is 146 Å². The van der Waals surface area contributed by atoms with Gasteiger partial charge in [-0.1, -0.05) is 426 Å². The summed E-state index contributed by atoms with van der Waals surface area (Å²) in [5, 5.41) is 7.13. The highest BCUT2D eigenvalue weighted by molar-refractivity contribution is 5.88. The molecule has 0 bridgehead atoms. The summed E-state index contributed by atoms with van der Waals surface area (Å²) in [4.78, 5) is 0. The van der Waals surface area contributed by atoms with Crippen LogP contribution in [0.5, 0.6) is 74.7 Å². The zero-order valence-electron chi connectivity index (χ0n) is 89.1. The molecule has 7 aliphatic rings. The molecule has 0 aliphatic carbocycles. The summed E-state index contributed by atoms with van der Waals surface area (Å²) >= 11 is 0. The second-order valence-corrected chi connectivity index (χ2v) is 37.2. The molecule has 13 nitrogen and oxygen atoms in total. The average molecular weight is 1830 g/mol. The lowest BCUT2D eigenvalue weighted by Gasteiger charge is -2.35. The monoisotopic (exact) mass is 1830 g/mol. The number of fused-ring (bicyclic) bond motifs is 10. The lowest BCUT2D eigenvalue weighted by molar-refractivity contribution is -0.0396. The van der Waals surface area contributed by atoms with Gasteiger partial charge in [0.15, 0.2) is 69.0 Å². The Labute approximate surface area is 807 Å². The van der Waals surface area contributed by atoms with Crippen LogP contribution in [-0.4, -0.2) is 70.5 Å². The highest BCUT2D eigenvalue weighted by Gasteiger charge is 2.39. The van der Waals surface area contributed by atoms with E-state index in [1.807, 2.05) is 254 Å². The van der Waals surface area contributed by atoms with Crippen LogP contribution in [0.1, 0.15) is 311 Å². The van der Waals surface area contributed by atoms with E-state index < -0.39 is 0 Å². The van der Waals surface area contributed by atoms with Gasteiger partial charge in [0, 0.05) is 33.5 Å². The lowest BCUT2D eigenvalue weighted by atomic mass is 9.82. The summed E-state index contributed by atoms with van der Waals surface area (Å²) in [5.74, 6) is 12.2. The third-order valence-corrected chi connectivity index (χ3v) is 20.7. The first-order valence-corrected chi connectivity index (χ1v) is 49.3. The molecule has 3 atom stereocenters. The minimum Gasteiger partial charge on any atom is -0.490 e. The minimum absolute atomic E-state index is 0. The van der Waals surface area contributed by atoms with Crippen molar-refractivity contribution in [1.29, 1.82) is 0 Å². The summed E-state index contributed by atoms with van der Waals surface area (Å²) in [6.45, 7) is 89.9. The van der Waals surface area contributed by atoms with Crippen molar-refractivity contribution in [3.05, 3.63) is 212 Å². The third kappa shape index (κ3) is 39.5. The van der Waals surface area contributed by atoms with Gasteiger partial charge in [0.05, 0.1) is 26.4 Å². The van der Waals surface area contributed by atoms with Crippen molar-refractivity contribution < 1.29 is 61.6 Å². The number of rotatable bonds is 0. The first-order chi connectivity index (χ1) is 61.9. The molecule has 0 radical (unpaired) electrons. The van der Waals surface area contributed by atoms with Crippen molar-refractivity contribution in [2.24, 2.45) is 49.7 Å². The molecular weight excluding hydrogens is 1640 g/mol. The van der Waals surface area contributed by atoms with E-state index in [1.54, 1.807) is 0 Å². The van der Waals surface area contributed by atoms with Crippen molar-refractivity contribution in [3.8, 4) is 74.7 Å². The first kappa shape index (κ1) is 124. The Morgan fingerprint density at radius 3 is 0.674 bits per heavy atom. The summed E-state index contributed by atoms with van der Waals surface area (Å²) in [6.07, 6.45) is 2.53. The number of para-hydroxylation sites is 7. The van der Waals surface area contributed by atoms with Gasteiger partial charge in [0.2, 0.25) is 12.6 Å². The van der Waals surface area contributed by atoms with Crippen molar-refractivity contribution in [2.45, 2.75) is 342 Å². The highest BCUT2D eigenvalue weighted by atomic mass is 16.7. The zero-order chi connectivity index (χ0) is 99.0. The van der Waals surface area contributed by atoms with Gasteiger partial charge in [0.1, 0.15) is 37.3 Å². The average Bonchev–Trinajstić information content (AvgIpc) is 1.67. The second kappa shape index (κ2) is 62.0. The fourth-order valence-corrected chi connectivity index (χ4v) is 12.8. The molecule has 0 aromatic heterocycles. The van der Waals surface area contributed by atoms with Gasteiger partial charge in [-0.3, -0.25) is 0 Å². The number of benzene rings is 10. The standard InChI is InChI=1S/C17H20O2.C16H18O2.C15H16O2.C13H18O2.C13H18O.C12H16O2.C11H14O2.10C2H6.2CH4/c1-17(2,3)14-10-18-15-8-12-6-4-5-7-13(12)9-16(15)19-11-14;1-16(2,3)15-10-17-13-8-11-6-4-5-7-12(11)9-14(13)18-15;1-15(2,3)14-16-12-8-10-6-4-5-7-11(10)9-13(12)17-14;1-13(2,3)10-8-14-11-6-4-5-7-12(11)15-9-10;1-13(2,3)12-9-8-10-6-4-5-7-11(10)14-12;1-12(2,3)11-8-13-9-6-4-5-7-10(9)14-11;1-11(2,3)10-12-8-6-4-5-7-9(8)13-10;10*1-2;;/h4-9,14H,10-11H2,1-3H3;4-9,15H,10H2,1-3H3;4-9,14H,1-3H3;4-7,10H,8-9H2,1-3H3;4-7,12H,8-9H2,1-3H3;4-7,11H,8H2,1-3H3;4-7,10H,1-3H3;10*1-2H3;2*1H4. The Morgan fingerprint density at radius 1 is 0.189 bits per heavy atom. The van der Waals surface area contributed by atoms with Gasteiger partial charge in [-0.25, -0.2) is 0 Å². The molecule has 7 heterocycles. The van der Waals surface area contributed by atoms with E-state index in [0.29, 0.717) is 31.2 Å². The molecule has 3 unspecified atom stereocenters. The maximum absolute atomic E-state index is 6.08. The van der Waals surface area contributed by atoms with E-state index in [9.17, 15) is 0 Å². The first-order valence-electron chi connectivity index (χ1n) is 49.3. The number of hydrogen-bond acceptors (Lipinski definition) is 13. The molecule has 0 spiro atoms. The van der Waals surface area contributed by atoms with E-state index in [0.717, 1.165) is 114 Å². The zero-order valence-corrected chi connectivity index (χ0v) is 89.1. The summed E-state index contributed by atoms with van der Waals surface area (Å²) in [5.41, 5.74) is 2.21. The van der Waals surface area contributed by atoms with Gasteiger partial charge >= 0.3 is 0 Å². The maximum Gasteiger partial charge on any atom is 0.246 e.